The van der Waals surface area contributed by atoms with E-state index >= 15 is 0 Å². The van der Waals surface area contributed by atoms with Gasteiger partial charge < -0.3 is 5.11 Å². The van der Waals surface area contributed by atoms with Crippen LogP contribution >= 0.6 is 0 Å². The van der Waals surface area contributed by atoms with E-state index in [1.54, 1.807) is 30.3 Å². The van der Waals surface area contributed by atoms with Crippen molar-refractivity contribution in [3.63, 3.8) is 0 Å². The average molecular weight is 330 g/mol. The van der Waals surface area contributed by atoms with Gasteiger partial charge in [-0.3, -0.25) is 9.52 Å². The summed E-state index contributed by atoms with van der Waals surface area (Å²) in [6.07, 6.45) is 5.22. The minimum atomic E-state index is -4.08. The van der Waals surface area contributed by atoms with Crippen LogP contribution in [0.2, 0.25) is 0 Å². The number of carboxylic acid groups (broad SMARTS) is 1. The number of hydrogen-bond donors (Lipinski definition) is 3. The molecule has 0 saturated carbocycles. The fourth-order valence-electron chi connectivity index (χ4n) is 1.88. The van der Waals surface area contributed by atoms with E-state index in [1.165, 1.54) is 24.3 Å². The Morgan fingerprint density at radius 2 is 1.70 bits per heavy atom. The Morgan fingerprint density at radius 1 is 1.09 bits per heavy atom. The van der Waals surface area contributed by atoms with Crippen LogP contribution in [-0.4, -0.2) is 19.5 Å². The molecular formula is C16H14N2O4S. The highest BCUT2D eigenvalue weighted by Crippen LogP contribution is 2.16. The largest absolute Gasteiger partial charge is 0.480 e. The fraction of sp³-hybridized carbons (Fsp3) is 0.0625. The lowest BCUT2D eigenvalue weighted by molar-refractivity contribution is -0.139. The Balaban J connectivity index is 2.18. The molecule has 23 heavy (non-hydrogen) atoms. The van der Waals surface area contributed by atoms with E-state index in [0.29, 0.717) is 11.1 Å². The van der Waals surface area contributed by atoms with Crippen LogP contribution < -0.4 is 9.44 Å². The summed E-state index contributed by atoms with van der Waals surface area (Å²) in [7, 11) is -4.08. The molecule has 118 valence electrons. The molecule has 0 aliphatic carbocycles. The van der Waals surface area contributed by atoms with Crippen molar-refractivity contribution in [2.75, 3.05) is 4.72 Å². The average Bonchev–Trinajstić information content (AvgIpc) is 2.53. The first-order valence-corrected chi connectivity index (χ1v) is 8.04. The van der Waals surface area contributed by atoms with Crippen molar-refractivity contribution in [1.29, 1.82) is 0 Å². The van der Waals surface area contributed by atoms with Gasteiger partial charge in [-0.2, -0.15) is 13.1 Å². The first kappa shape index (κ1) is 16.5. The van der Waals surface area contributed by atoms with E-state index in [1.807, 2.05) is 0 Å². The molecule has 0 heterocycles. The Morgan fingerprint density at radius 3 is 2.22 bits per heavy atom. The van der Waals surface area contributed by atoms with Crippen molar-refractivity contribution in [2.24, 2.45) is 0 Å². The third-order valence-electron chi connectivity index (χ3n) is 2.96. The number of benzene rings is 2. The summed E-state index contributed by atoms with van der Waals surface area (Å²) in [5.74, 6) is 1.11. The number of carboxylic acids is 1. The zero-order chi connectivity index (χ0) is 16.9. The van der Waals surface area contributed by atoms with Gasteiger partial charge in [-0.15, -0.1) is 6.42 Å². The van der Waals surface area contributed by atoms with Crippen molar-refractivity contribution in [3.8, 4) is 12.3 Å². The van der Waals surface area contributed by atoms with E-state index < -0.39 is 22.2 Å². The number of nitrogens with one attached hydrogen (secondary N) is 2. The smallest absolute Gasteiger partial charge is 0.326 e. The fourth-order valence-corrected chi connectivity index (χ4v) is 2.93. The van der Waals surface area contributed by atoms with Crippen molar-refractivity contribution < 1.29 is 18.3 Å². The predicted octanol–water partition coefficient (Wildman–Crippen LogP) is 1.74. The first-order valence-electron chi connectivity index (χ1n) is 6.56. The quantitative estimate of drug-likeness (QED) is 0.703. The summed E-state index contributed by atoms with van der Waals surface area (Å²) in [6, 6.07) is 12.8. The van der Waals surface area contributed by atoms with Gasteiger partial charge in [0.1, 0.15) is 6.04 Å². The molecule has 0 aliphatic heterocycles. The van der Waals surface area contributed by atoms with E-state index in [0.717, 1.165) is 0 Å². The predicted molar refractivity (Wildman–Crippen MR) is 86.9 cm³/mol. The molecule has 0 fully saturated rings. The highest BCUT2D eigenvalue weighted by molar-refractivity contribution is 7.90. The van der Waals surface area contributed by atoms with Crippen molar-refractivity contribution in [3.05, 3.63) is 65.7 Å². The zero-order valence-corrected chi connectivity index (χ0v) is 12.7. The lowest BCUT2D eigenvalue weighted by atomic mass is 10.1. The normalized spacial score (nSPS) is 12.1. The topological polar surface area (TPSA) is 95.5 Å². The maximum atomic E-state index is 12.1. The van der Waals surface area contributed by atoms with Gasteiger partial charge in [-0.25, -0.2) is 0 Å². The molecule has 0 amide bonds. The second kappa shape index (κ2) is 6.96. The number of terminal acetylenes is 1. The molecule has 0 unspecified atom stereocenters. The second-order valence-electron chi connectivity index (χ2n) is 4.63. The molecule has 0 bridgehead atoms. The molecule has 0 saturated heterocycles. The van der Waals surface area contributed by atoms with Gasteiger partial charge in [0.25, 0.3) is 10.2 Å². The Bertz CT molecular complexity index is 825. The van der Waals surface area contributed by atoms with Crippen LogP contribution in [0, 0.1) is 12.3 Å². The van der Waals surface area contributed by atoms with Crippen LogP contribution in [-0.2, 0) is 15.0 Å². The van der Waals surface area contributed by atoms with Gasteiger partial charge in [-0.05, 0) is 29.8 Å². The summed E-state index contributed by atoms with van der Waals surface area (Å²) in [4.78, 5) is 11.3. The van der Waals surface area contributed by atoms with Crippen LogP contribution in [0.1, 0.15) is 17.2 Å². The van der Waals surface area contributed by atoms with E-state index in [2.05, 4.69) is 15.4 Å². The van der Waals surface area contributed by atoms with Crippen LogP contribution in [0.25, 0.3) is 0 Å². The van der Waals surface area contributed by atoms with Crippen LogP contribution in [0.4, 0.5) is 5.69 Å². The second-order valence-corrected chi connectivity index (χ2v) is 6.07. The highest BCUT2D eigenvalue weighted by Gasteiger charge is 2.25. The molecule has 7 heteroatoms. The lowest BCUT2D eigenvalue weighted by Gasteiger charge is -2.16. The molecule has 0 aliphatic rings. The number of rotatable bonds is 6. The van der Waals surface area contributed by atoms with Crippen molar-refractivity contribution in [2.45, 2.75) is 6.04 Å². The highest BCUT2D eigenvalue weighted by atomic mass is 32.2. The van der Waals surface area contributed by atoms with Gasteiger partial charge >= 0.3 is 5.97 Å². The molecule has 0 spiro atoms. The zero-order valence-electron chi connectivity index (χ0n) is 11.9. The van der Waals surface area contributed by atoms with Gasteiger partial charge in [0, 0.05) is 11.3 Å². The Kier molecular flexibility index (Phi) is 5.01. The monoisotopic (exact) mass is 330 g/mol. The molecule has 2 rings (SSSR count). The summed E-state index contributed by atoms with van der Waals surface area (Å²) < 4.78 is 28.6. The molecule has 1 atom stereocenters. The standard InChI is InChI=1S/C16H14N2O4S/c1-2-12-8-10-14(11-9-12)17-23(21,22)18-15(16(19)20)13-6-4-3-5-7-13/h1,3-11,15,17-18H,(H,19,20)/t15-/m0/s1. The summed E-state index contributed by atoms with van der Waals surface area (Å²) in [6.45, 7) is 0. The maximum Gasteiger partial charge on any atom is 0.326 e. The molecule has 3 N–H and O–H groups in total. The first-order chi connectivity index (χ1) is 10.9. The Hall–Kier alpha value is -2.82. The Labute approximate surface area is 134 Å². The number of carbonyl (C=O) groups is 1. The number of aliphatic carboxylic acids is 1. The molecule has 0 aromatic heterocycles. The van der Waals surface area contributed by atoms with Crippen LogP contribution in [0.15, 0.2) is 54.6 Å². The molecule has 0 radical (unpaired) electrons. The minimum absolute atomic E-state index is 0.272. The van der Waals surface area contributed by atoms with Gasteiger partial charge in [0.2, 0.25) is 0 Å². The van der Waals surface area contributed by atoms with Gasteiger partial charge in [0.05, 0.1) is 0 Å². The number of anilines is 1. The third-order valence-corrected chi connectivity index (χ3v) is 4.01. The molecular weight excluding hydrogens is 316 g/mol. The van der Waals surface area contributed by atoms with E-state index in [4.69, 9.17) is 6.42 Å². The minimum Gasteiger partial charge on any atom is -0.480 e. The van der Waals surface area contributed by atoms with Gasteiger partial charge in [-0.1, -0.05) is 36.3 Å². The summed E-state index contributed by atoms with van der Waals surface area (Å²) >= 11 is 0. The van der Waals surface area contributed by atoms with Gasteiger partial charge in [0.15, 0.2) is 0 Å². The van der Waals surface area contributed by atoms with Crippen molar-refractivity contribution >= 4 is 21.9 Å². The molecule has 2 aromatic rings. The molecule has 6 nitrogen and oxygen atoms in total. The maximum absolute atomic E-state index is 12.1. The summed E-state index contributed by atoms with van der Waals surface area (Å²) in [5.41, 5.74) is 1.20. The van der Waals surface area contributed by atoms with E-state index in [9.17, 15) is 18.3 Å². The summed E-state index contributed by atoms with van der Waals surface area (Å²) in [5, 5.41) is 9.25. The van der Waals surface area contributed by atoms with E-state index in [-0.39, 0.29) is 5.69 Å². The van der Waals surface area contributed by atoms with Crippen LogP contribution in [0.5, 0.6) is 0 Å². The van der Waals surface area contributed by atoms with Crippen LogP contribution in [0.3, 0.4) is 0 Å². The SMILES string of the molecule is C#Cc1ccc(NS(=O)(=O)N[C@H](C(=O)O)c2ccccc2)cc1. The molecule has 2 aromatic carbocycles. The van der Waals surface area contributed by atoms with Crippen molar-refractivity contribution in [1.82, 2.24) is 4.72 Å². The number of hydrogen-bond acceptors (Lipinski definition) is 3. The third kappa shape index (κ3) is 4.57. The lowest BCUT2D eigenvalue weighted by Crippen LogP contribution is -2.37.